The van der Waals surface area contributed by atoms with E-state index in [1.807, 2.05) is 6.07 Å². The summed E-state index contributed by atoms with van der Waals surface area (Å²) >= 11 is 12.0. The number of nitrogens with one attached hydrogen (secondary N) is 1. The summed E-state index contributed by atoms with van der Waals surface area (Å²) < 4.78 is 5.42. The summed E-state index contributed by atoms with van der Waals surface area (Å²) in [6.07, 6.45) is 3.28. The van der Waals surface area contributed by atoms with Gasteiger partial charge in [0.2, 0.25) is 5.88 Å². The minimum atomic E-state index is 0.286. The molecule has 0 saturated heterocycles. The maximum absolute atomic E-state index is 6.12. The summed E-state index contributed by atoms with van der Waals surface area (Å²) in [5.41, 5.74) is 7.85. The SMILES string of the molecule is Nc1oc2cnccc2c1Nc1ccc(Cl)cc1Cl. The zero-order chi connectivity index (χ0) is 13.4. The Bertz CT molecular complexity index is 755. The number of anilines is 3. The van der Waals surface area contributed by atoms with E-state index >= 15 is 0 Å². The Labute approximate surface area is 119 Å². The lowest BCUT2D eigenvalue weighted by atomic mass is 10.2. The summed E-state index contributed by atoms with van der Waals surface area (Å²) in [6, 6.07) is 7.01. The number of rotatable bonds is 2. The van der Waals surface area contributed by atoms with Gasteiger partial charge in [-0.1, -0.05) is 23.2 Å². The maximum atomic E-state index is 6.12. The van der Waals surface area contributed by atoms with Crippen LogP contribution >= 0.6 is 23.2 Å². The minimum absolute atomic E-state index is 0.286. The number of nitrogen functional groups attached to an aromatic ring is 1. The third-order valence-electron chi connectivity index (χ3n) is 2.71. The second-order valence-electron chi connectivity index (χ2n) is 3.96. The van der Waals surface area contributed by atoms with E-state index in [1.54, 1.807) is 30.6 Å². The highest BCUT2D eigenvalue weighted by Gasteiger charge is 2.13. The van der Waals surface area contributed by atoms with Gasteiger partial charge in [-0.25, -0.2) is 0 Å². The number of fused-ring (bicyclic) bond motifs is 1. The van der Waals surface area contributed by atoms with E-state index in [2.05, 4.69) is 10.3 Å². The standard InChI is InChI=1S/C13H9Cl2N3O/c14-7-1-2-10(9(15)5-7)18-12-8-3-4-17-6-11(8)19-13(12)16/h1-6,18H,16H2. The number of nitrogens with two attached hydrogens (primary N) is 1. The molecule has 6 heteroatoms. The fourth-order valence-corrected chi connectivity index (χ4v) is 2.28. The van der Waals surface area contributed by atoms with E-state index < -0.39 is 0 Å². The van der Waals surface area contributed by atoms with Crippen LogP contribution in [0.4, 0.5) is 17.3 Å². The average molecular weight is 294 g/mol. The molecule has 2 heterocycles. The number of hydrogen-bond donors (Lipinski definition) is 2. The largest absolute Gasteiger partial charge is 0.437 e. The molecule has 0 atom stereocenters. The van der Waals surface area contributed by atoms with Crippen LogP contribution in [0, 0.1) is 0 Å². The lowest BCUT2D eigenvalue weighted by molar-refractivity contribution is 0.636. The Balaban J connectivity index is 2.08. The number of benzene rings is 1. The number of pyridine rings is 1. The second-order valence-corrected chi connectivity index (χ2v) is 4.81. The van der Waals surface area contributed by atoms with Crippen LogP contribution in [0.25, 0.3) is 11.0 Å². The quantitative estimate of drug-likeness (QED) is 0.732. The Morgan fingerprint density at radius 2 is 2.05 bits per heavy atom. The van der Waals surface area contributed by atoms with Crippen molar-refractivity contribution < 1.29 is 4.42 Å². The summed E-state index contributed by atoms with van der Waals surface area (Å²) in [6.45, 7) is 0. The Morgan fingerprint density at radius 3 is 2.84 bits per heavy atom. The first-order valence-corrected chi connectivity index (χ1v) is 6.25. The predicted molar refractivity (Wildman–Crippen MR) is 78.2 cm³/mol. The molecule has 0 aliphatic rings. The normalized spacial score (nSPS) is 10.8. The first-order chi connectivity index (χ1) is 9.15. The molecular weight excluding hydrogens is 285 g/mol. The Hall–Kier alpha value is -1.91. The number of furan rings is 1. The lowest BCUT2D eigenvalue weighted by Crippen LogP contribution is -1.94. The number of halogens is 2. The molecule has 0 aliphatic heterocycles. The monoisotopic (exact) mass is 293 g/mol. The van der Waals surface area contributed by atoms with Crippen molar-refractivity contribution >= 4 is 51.4 Å². The average Bonchev–Trinajstić information content (AvgIpc) is 2.69. The van der Waals surface area contributed by atoms with Gasteiger partial charge in [-0.15, -0.1) is 0 Å². The van der Waals surface area contributed by atoms with E-state index in [1.165, 1.54) is 0 Å². The molecule has 0 radical (unpaired) electrons. The molecule has 0 amide bonds. The van der Waals surface area contributed by atoms with Gasteiger partial charge in [0, 0.05) is 16.6 Å². The van der Waals surface area contributed by atoms with Crippen molar-refractivity contribution in [2.75, 3.05) is 11.1 Å². The van der Waals surface area contributed by atoms with E-state index in [4.69, 9.17) is 33.4 Å². The summed E-state index contributed by atoms with van der Waals surface area (Å²) in [5, 5.41) is 5.08. The summed E-state index contributed by atoms with van der Waals surface area (Å²) in [7, 11) is 0. The van der Waals surface area contributed by atoms with Crippen molar-refractivity contribution in [3.63, 3.8) is 0 Å². The number of aromatic nitrogens is 1. The molecular formula is C13H9Cl2N3O. The number of hydrogen-bond acceptors (Lipinski definition) is 4. The van der Waals surface area contributed by atoms with Gasteiger partial charge in [-0.05, 0) is 24.3 Å². The zero-order valence-electron chi connectivity index (χ0n) is 9.65. The van der Waals surface area contributed by atoms with Crippen LogP contribution in [0.2, 0.25) is 10.0 Å². The third kappa shape index (κ3) is 2.20. The minimum Gasteiger partial charge on any atom is -0.437 e. The lowest BCUT2D eigenvalue weighted by Gasteiger charge is -2.07. The predicted octanol–water partition coefficient (Wildman–Crippen LogP) is 4.46. The molecule has 19 heavy (non-hydrogen) atoms. The van der Waals surface area contributed by atoms with Gasteiger partial charge >= 0.3 is 0 Å². The molecule has 96 valence electrons. The van der Waals surface area contributed by atoms with E-state index in [0.29, 0.717) is 27.0 Å². The summed E-state index contributed by atoms with van der Waals surface area (Å²) in [5.74, 6) is 0.286. The molecule has 3 aromatic rings. The molecule has 0 aliphatic carbocycles. The smallest absolute Gasteiger partial charge is 0.215 e. The number of nitrogens with zero attached hydrogens (tertiary/aromatic N) is 1. The zero-order valence-corrected chi connectivity index (χ0v) is 11.2. The van der Waals surface area contributed by atoms with E-state index in [9.17, 15) is 0 Å². The molecule has 2 aromatic heterocycles. The first kappa shape index (κ1) is 12.1. The second kappa shape index (κ2) is 4.64. The van der Waals surface area contributed by atoms with Gasteiger partial charge in [-0.2, -0.15) is 0 Å². The van der Waals surface area contributed by atoms with Crippen LogP contribution in [0.3, 0.4) is 0 Å². The van der Waals surface area contributed by atoms with Crippen LogP contribution in [-0.2, 0) is 0 Å². The van der Waals surface area contributed by atoms with Crippen molar-refractivity contribution in [3.05, 3.63) is 46.7 Å². The Kier molecular flexibility index (Phi) is 2.97. The van der Waals surface area contributed by atoms with Crippen LogP contribution < -0.4 is 11.1 Å². The van der Waals surface area contributed by atoms with Gasteiger partial charge in [0.25, 0.3) is 0 Å². The van der Waals surface area contributed by atoms with Crippen molar-refractivity contribution in [3.8, 4) is 0 Å². The van der Waals surface area contributed by atoms with Gasteiger partial charge in [0.05, 0.1) is 16.9 Å². The maximum Gasteiger partial charge on any atom is 0.215 e. The third-order valence-corrected chi connectivity index (χ3v) is 3.26. The van der Waals surface area contributed by atoms with E-state index in [0.717, 1.165) is 5.39 Å². The van der Waals surface area contributed by atoms with Crippen LogP contribution in [-0.4, -0.2) is 4.98 Å². The molecule has 3 rings (SSSR count). The molecule has 0 bridgehead atoms. The first-order valence-electron chi connectivity index (χ1n) is 5.49. The van der Waals surface area contributed by atoms with Gasteiger partial charge in [0.1, 0.15) is 5.69 Å². The van der Waals surface area contributed by atoms with Crippen LogP contribution in [0.15, 0.2) is 41.1 Å². The highest BCUT2D eigenvalue weighted by atomic mass is 35.5. The molecule has 4 nitrogen and oxygen atoms in total. The van der Waals surface area contributed by atoms with Crippen LogP contribution in [0.1, 0.15) is 0 Å². The van der Waals surface area contributed by atoms with Crippen molar-refractivity contribution in [1.29, 1.82) is 0 Å². The van der Waals surface area contributed by atoms with Gasteiger partial charge in [-0.3, -0.25) is 4.98 Å². The molecule has 1 aromatic carbocycles. The molecule has 0 unspecified atom stereocenters. The molecule has 0 fully saturated rings. The molecule has 3 N–H and O–H groups in total. The fourth-order valence-electron chi connectivity index (χ4n) is 1.82. The van der Waals surface area contributed by atoms with Crippen LogP contribution in [0.5, 0.6) is 0 Å². The van der Waals surface area contributed by atoms with Crippen molar-refractivity contribution in [2.24, 2.45) is 0 Å². The van der Waals surface area contributed by atoms with Gasteiger partial charge in [0.15, 0.2) is 5.58 Å². The highest BCUT2D eigenvalue weighted by molar-refractivity contribution is 6.36. The van der Waals surface area contributed by atoms with Gasteiger partial charge < -0.3 is 15.5 Å². The molecule has 0 spiro atoms. The van der Waals surface area contributed by atoms with Crippen molar-refractivity contribution in [2.45, 2.75) is 0 Å². The summed E-state index contributed by atoms with van der Waals surface area (Å²) in [4.78, 5) is 3.98. The van der Waals surface area contributed by atoms with Crippen molar-refractivity contribution in [1.82, 2.24) is 4.98 Å². The molecule has 0 saturated carbocycles. The van der Waals surface area contributed by atoms with E-state index in [-0.39, 0.29) is 5.88 Å². The fraction of sp³-hybridized carbons (Fsp3) is 0. The topological polar surface area (TPSA) is 64.1 Å². The Morgan fingerprint density at radius 1 is 1.21 bits per heavy atom. The highest BCUT2D eigenvalue weighted by Crippen LogP contribution is 2.36.